The molecule has 0 radical (unpaired) electrons. The first-order valence-electron chi connectivity index (χ1n) is 9.55. The lowest BCUT2D eigenvalue weighted by atomic mass is 10.1. The monoisotopic (exact) mass is 423 g/mol. The van der Waals surface area contributed by atoms with Crippen LogP contribution in [0.1, 0.15) is 24.6 Å². The number of carbonyl (C=O) groups excluding carboxylic acids is 2. The minimum absolute atomic E-state index is 0.144. The number of aryl methyl sites for hydroxylation is 1. The fourth-order valence-corrected chi connectivity index (χ4v) is 3.71. The number of benzene rings is 2. The summed E-state index contributed by atoms with van der Waals surface area (Å²) in [5, 5.41) is 4.90. The Morgan fingerprint density at radius 3 is 2.60 bits per heavy atom. The van der Waals surface area contributed by atoms with E-state index in [1.165, 1.54) is 46.9 Å². The zero-order valence-electron chi connectivity index (χ0n) is 16.5. The molecule has 0 bridgehead atoms. The van der Waals surface area contributed by atoms with Gasteiger partial charge in [0.2, 0.25) is 11.8 Å². The topological polar surface area (TPSA) is 62.3 Å². The van der Waals surface area contributed by atoms with E-state index in [1.54, 1.807) is 23.6 Å². The van der Waals surface area contributed by atoms with Crippen molar-refractivity contribution in [3.63, 3.8) is 0 Å². The van der Waals surface area contributed by atoms with E-state index in [9.17, 15) is 14.0 Å². The zero-order chi connectivity index (χ0) is 21.3. The average Bonchev–Trinajstić information content (AvgIpc) is 3.20. The predicted octanol–water partition coefficient (Wildman–Crippen LogP) is 4.73. The Balaban J connectivity index is 1.56. The number of carbonyl (C=O) groups is 2. The number of halogens is 1. The van der Waals surface area contributed by atoms with Crippen LogP contribution in [0.25, 0.3) is 6.08 Å². The summed E-state index contributed by atoms with van der Waals surface area (Å²) in [7, 11) is 0. The fraction of sp³-hybridized carbons (Fsp3) is 0.174. The van der Waals surface area contributed by atoms with Gasteiger partial charge in [-0.25, -0.2) is 9.37 Å². The highest BCUT2D eigenvalue weighted by molar-refractivity contribution is 7.14. The number of thiazole rings is 1. The minimum atomic E-state index is -0.505. The van der Waals surface area contributed by atoms with E-state index in [2.05, 4.69) is 22.4 Å². The first-order valence-corrected chi connectivity index (χ1v) is 10.4. The minimum Gasteiger partial charge on any atom is -0.353 e. The maximum atomic E-state index is 14.1. The molecule has 0 unspecified atom stereocenters. The van der Waals surface area contributed by atoms with Gasteiger partial charge in [-0.05, 0) is 36.6 Å². The average molecular weight is 424 g/mol. The molecule has 2 amide bonds. The molecule has 3 rings (SSSR count). The summed E-state index contributed by atoms with van der Waals surface area (Å²) in [6.45, 7) is 1.93. The Bertz CT molecular complexity index is 1030. The molecule has 0 aliphatic carbocycles. The van der Waals surface area contributed by atoms with E-state index >= 15 is 0 Å². The van der Waals surface area contributed by atoms with Gasteiger partial charge < -0.3 is 5.32 Å². The van der Waals surface area contributed by atoms with Gasteiger partial charge in [-0.15, -0.1) is 11.3 Å². The highest BCUT2D eigenvalue weighted by Gasteiger charge is 2.20. The highest BCUT2D eigenvalue weighted by atomic mass is 32.1. The first-order chi connectivity index (χ1) is 14.5. The maximum absolute atomic E-state index is 14.1. The molecule has 0 saturated heterocycles. The third-order valence-corrected chi connectivity index (χ3v) is 5.14. The molecule has 0 atom stereocenters. The zero-order valence-corrected chi connectivity index (χ0v) is 17.4. The van der Waals surface area contributed by atoms with E-state index < -0.39 is 5.82 Å². The van der Waals surface area contributed by atoms with E-state index in [0.717, 1.165) is 12.8 Å². The second kappa shape index (κ2) is 10.5. The lowest BCUT2D eigenvalue weighted by Crippen LogP contribution is -2.23. The molecular formula is C23H22FN3O2S. The van der Waals surface area contributed by atoms with Gasteiger partial charge in [0, 0.05) is 24.9 Å². The van der Waals surface area contributed by atoms with Gasteiger partial charge in [-0.3, -0.25) is 14.5 Å². The Morgan fingerprint density at radius 2 is 1.87 bits per heavy atom. The van der Waals surface area contributed by atoms with Crippen LogP contribution in [0.2, 0.25) is 0 Å². The van der Waals surface area contributed by atoms with Crippen LogP contribution in [-0.2, 0) is 16.0 Å². The number of amides is 2. The Labute approximate surface area is 178 Å². The molecule has 1 N–H and O–H groups in total. The van der Waals surface area contributed by atoms with Crippen molar-refractivity contribution in [2.24, 2.45) is 0 Å². The lowest BCUT2D eigenvalue weighted by molar-refractivity contribution is -0.117. The fourth-order valence-electron chi connectivity index (χ4n) is 2.86. The van der Waals surface area contributed by atoms with Crippen molar-refractivity contribution in [1.82, 2.24) is 10.3 Å². The van der Waals surface area contributed by atoms with Crippen LogP contribution in [-0.4, -0.2) is 23.3 Å². The number of hydrogen-bond acceptors (Lipinski definition) is 4. The molecular weight excluding hydrogens is 401 g/mol. The highest BCUT2D eigenvalue weighted by Crippen LogP contribution is 2.30. The number of hydrogen-bond donors (Lipinski definition) is 1. The molecule has 0 fully saturated rings. The second-order valence-electron chi connectivity index (χ2n) is 6.57. The van der Waals surface area contributed by atoms with Gasteiger partial charge in [0.15, 0.2) is 5.13 Å². The molecule has 0 saturated carbocycles. The number of aromatic nitrogens is 1. The first kappa shape index (κ1) is 21.4. The standard InChI is InChI=1S/C23H22FN3O2S/c1-17(28)27(21-12-6-5-11-20(21)24)23-26-19(16-30-23)13-14-22(29)25-15-7-10-18-8-3-2-4-9-18/h2-6,8-9,11-14,16H,7,10,15H2,1H3,(H,25,29)/b14-13+. The largest absolute Gasteiger partial charge is 0.353 e. The van der Waals surface area contributed by atoms with Gasteiger partial charge in [-0.2, -0.15) is 0 Å². The van der Waals surface area contributed by atoms with Gasteiger partial charge in [-0.1, -0.05) is 42.5 Å². The summed E-state index contributed by atoms with van der Waals surface area (Å²) in [5.41, 5.74) is 1.91. The van der Waals surface area contributed by atoms with Crippen LogP contribution in [0.15, 0.2) is 66.1 Å². The summed E-state index contributed by atoms with van der Waals surface area (Å²) >= 11 is 1.20. The molecule has 30 heavy (non-hydrogen) atoms. The quantitative estimate of drug-likeness (QED) is 0.421. The number of para-hydroxylation sites is 1. The van der Waals surface area contributed by atoms with E-state index in [0.29, 0.717) is 17.4 Å². The van der Waals surface area contributed by atoms with Gasteiger partial charge in [0.1, 0.15) is 5.82 Å². The third kappa shape index (κ3) is 5.84. The Morgan fingerprint density at radius 1 is 1.13 bits per heavy atom. The number of nitrogens with one attached hydrogen (secondary N) is 1. The van der Waals surface area contributed by atoms with Crippen molar-refractivity contribution in [3.05, 3.63) is 83.1 Å². The van der Waals surface area contributed by atoms with Crippen LogP contribution in [0.4, 0.5) is 15.2 Å². The van der Waals surface area contributed by atoms with Crippen molar-refractivity contribution >= 4 is 40.0 Å². The number of rotatable bonds is 8. The van der Waals surface area contributed by atoms with Crippen LogP contribution in [0, 0.1) is 5.82 Å². The van der Waals surface area contributed by atoms with E-state index in [1.807, 2.05) is 18.2 Å². The number of anilines is 2. The summed E-state index contributed by atoms with van der Waals surface area (Å²) in [6, 6.07) is 16.1. The molecule has 154 valence electrons. The Kier molecular flexibility index (Phi) is 7.45. The van der Waals surface area contributed by atoms with Crippen LogP contribution in [0.3, 0.4) is 0 Å². The van der Waals surface area contributed by atoms with Gasteiger partial charge >= 0.3 is 0 Å². The molecule has 1 aromatic heterocycles. The van der Waals surface area contributed by atoms with Gasteiger partial charge in [0.25, 0.3) is 0 Å². The van der Waals surface area contributed by atoms with Crippen molar-refractivity contribution in [3.8, 4) is 0 Å². The van der Waals surface area contributed by atoms with Crippen LogP contribution in [0.5, 0.6) is 0 Å². The van der Waals surface area contributed by atoms with Crippen LogP contribution < -0.4 is 10.2 Å². The van der Waals surface area contributed by atoms with E-state index in [4.69, 9.17) is 0 Å². The summed E-state index contributed by atoms with van der Waals surface area (Å²) in [4.78, 5) is 29.6. The number of nitrogens with zero attached hydrogens (tertiary/aromatic N) is 2. The third-order valence-electron chi connectivity index (χ3n) is 4.30. The SMILES string of the molecule is CC(=O)N(c1nc(/C=C/C(=O)NCCCc2ccccc2)cs1)c1ccccc1F. The molecule has 0 spiro atoms. The summed E-state index contributed by atoms with van der Waals surface area (Å²) in [5.74, 6) is -1.06. The molecule has 3 aromatic rings. The summed E-state index contributed by atoms with van der Waals surface area (Å²) < 4.78 is 14.1. The van der Waals surface area contributed by atoms with Crippen molar-refractivity contribution in [1.29, 1.82) is 0 Å². The van der Waals surface area contributed by atoms with Crippen molar-refractivity contribution in [2.45, 2.75) is 19.8 Å². The molecule has 5 nitrogen and oxygen atoms in total. The lowest BCUT2D eigenvalue weighted by Gasteiger charge is -2.18. The predicted molar refractivity (Wildman–Crippen MR) is 118 cm³/mol. The molecule has 1 heterocycles. The van der Waals surface area contributed by atoms with Crippen LogP contribution >= 0.6 is 11.3 Å². The van der Waals surface area contributed by atoms with Crippen molar-refractivity contribution < 1.29 is 14.0 Å². The second-order valence-corrected chi connectivity index (χ2v) is 7.41. The molecule has 0 aliphatic rings. The molecule has 0 aliphatic heterocycles. The molecule has 2 aromatic carbocycles. The van der Waals surface area contributed by atoms with Crippen molar-refractivity contribution in [2.75, 3.05) is 11.4 Å². The maximum Gasteiger partial charge on any atom is 0.244 e. The normalized spacial score (nSPS) is 10.9. The Hall–Kier alpha value is -3.32. The smallest absolute Gasteiger partial charge is 0.244 e. The van der Waals surface area contributed by atoms with E-state index in [-0.39, 0.29) is 17.5 Å². The van der Waals surface area contributed by atoms with Gasteiger partial charge in [0.05, 0.1) is 11.4 Å². The summed E-state index contributed by atoms with van der Waals surface area (Å²) in [6.07, 6.45) is 4.73. The molecule has 7 heteroatoms.